The Hall–Kier alpha value is -2.20. The molecule has 0 saturated heterocycles. The molecule has 1 aliphatic carbocycles. The zero-order valence-electron chi connectivity index (χ0n) is 13.2. The molecule has 0 bridgehead atoms. The standard InChI is InChI=1S/C19H21FN2O/c1-13-4-2-3-5-15(13)12-21-18(19(23)22-17-10-11-17)14-6-8-16(20)9-7-14/h2-9,17-18,21H,10-12H2,1H3,(H,22,23)/t18-/m0/s1. The lowest BCUT2D eigenvalue weighted by atomic mass is 10.0. The molecule has 23 heavy (non-hydrogen) atoms. The molecule has 0 heterocycles. The SMILES string of the molecule is Cc1ccccc1CN[C@H](C(=O)NC1CC1)c1ccc(F)cc1. The minimum atomic E-state index is -0.476. The van der Waals surface area contributed by atoms with Crippen LogP contribution in [0.15, 0.2) is 48.5 Å². The van der Waals surface area contributed by atoms with Crippen molar-refractivity contribution in [2.24, 2.45) is 0 Å². The Morgan fingerprint density at radius 3 is 2.52 bits per heavy atom. The molecule has 0 spiro atoms. The summed E-state index contributed by atoms with van der Waals surface area (Å²) >= 11 is 0. The summed E-state index contributed by atoms with van der Waals surface area (Å²) < 4.78 is 13.2. The Kier molecular flexibility index (Phi) is 4.72. The molecule has 1 fully saturated rings. The first-order valence-corrected chi connectivity index (χ1v) is 7.97. The van der Waals surface area contributed by atoms with Gasteiger partial charge in [0, 0.05) is 12.6 Å². The third-order valence-electron chi connectivity index (χ3n) is 4.15. The van der Waals surface area contributed by atoms with Gasteiger partial charge in [-0.2, -0.15) is 0 Å². The number of rotatable bonds is 6. The highest BCUT2D eigenvalue weighted by atomic mass is 19.1. The summed E-state index contributed by atoms with van der Waals surface area (Å²) in [5.41, 5.74) is 3.11. The molecule has 2 aromatic carbocycles. The molecule has 1 amide bonds. The molecule has 0 aliphatic heterocycles. The maximum Gasteiger partial charge on any atom is 0.241 e. The zero-order valence-corrected chi connectivity index (χ0v) is 13.2. The van der Waals surface area contributed by atoms with Gasteiger partial charge < -0.3 is 5.32 Å². The lowest BCUT2D eigenvalue weighted by Gasteiger charge is -2.19. The van der Waals surface area contributed by atoms with E-state index in [4.69, 9.17) is 0 Å². The van der Waals surface area contributed by atoms with E-state index in [0.29, 0.717) is 12.6 Å². The summed E-state index contributed by atoms with van der Waals surface area (Å²) in [5.74, 6) is -0.346. The minimum absolute atomic E-state index is 0.0484. The van der Waals surface area contributed by atoms with Gasteiger partial charge in [0.15, 0.2) is 0 Å². The fourth-order valence-electron chi connectivity index (χ4n) is 2.55. The number of carbonyl (C=O) groups is 1. The van der Waals surface area contributed by atoms with E-state index in [0.717, 1.165) is 24.0 Å². The lowest BCUT2D eigenvalue weighted by molar-refractivity contribution is -0.123. The molecule has 3 nitrogen and oxygen atoms in total. The van der Waals surface area contributed by atoms with Gasteiger partial charge in [-0.3, -0.25) is 10.1 Å². The number of aryl methyl sites for hydroxylation is 1. The van der Waals surface area contributed by atoms with Gasteiger partial charge in [0.25, 0.3) is 0 Å². The highest BCUT2D eigenvalue weighted by Gasteiger charge is 2.28. The molecule has 2 N–H and O–H groups in total. The largest absolute Gasteiger partial charge is 0.352 e. The number of hydrogen-bond donors (Lipinski definition) is 2. The fourth-order valence-corrected chi connectivity index (χ4v) is 2.55. The molecular formula is C19H21FN2O. The van der Waals surface area contributed by atoms with Gasteiger partial charge in [-0.05, 0) is 48.6 Å². The van der Waals surface area contributed by atoms with Crippen molar-refractivity contribution in [2.75, 3.05) is 0 Å². The average molecular weight is 312 g/mol. The average Bonchev–Trinajstić information content (AvgIpc) is 3.35. The summed E-state index contributed by atoms with van der Waals surface area (Å²) in [4.78, 5) is 12.5. The molecular weight excluding hydrogens is 291 g/mol. The van der Waals surface area contributed by atoms with Crippen molar-refractivity contribution in [3.8, 4) is 0 Å². The van der Waals surface area contributed by atoms with Crippen LogP contribution >= 0.6 is 0 Å². The summed E-state index contributed by atoms with van der Waals surface area (Å²) in [5, 5.41) is 6.33. The quantitative estimate of drug-likeness (QED) is 0.860. The molecule has 0 unspecified atom stereocenters. The van der Waals surface area contributed by atoms with Gasteiger partial charge in [-0.1, -0.05) is 36.4 Å². The number of nitrogens with one attached hydrogen (secondary N) is 2. The normalized spacial score (nSPS) is 15.2. The van der Waals surface area contributed by atoms with Crippen LogP contribution in [-0.2, 0) is 11.3 Å². The lowest BCUT2D eigenvalue weighted by Crippen LogP contribution is -2.38. The Morgan fingerprint density at radius 1 is 1.17 bits per heavy atom. The van der Waals surface area contributed by atoms with E-state index < -0.39 is 6.04 Å². The van der Waals surface area contributed by atoms with E-state index in [1.165, 1.54) is 17.7 Å². The zero-order chi connectivity index (χ0) is 16.2. The number of carbonyl (C=O) groups excluding carboxylic acids is 1. The van der Waals surface area contributed by atoms with Gasteiger partial charge >= 0.3 is 0 Å². The van der Waals surface area contributed by atoms with Crippen molar-refractivity contribution in [2.45, 2.75) is 38.4 Å². The number of hydrogen-bond acceptors (Lipinski definition) is 2. The molecule has 2 aromatic rings. The molecule has 1 atom stereocenters. The van der Waals surface area contributed by atoms with Crippen LogP contribution in [0, 0.1) is 12.7 Å². The van der Waals surface area contributed by atoms with Crippen molar-refractivity contribution in [3.63, 3.8) is 0 Å². The van der Waals surface area contributed by atoms with Crippen molar-refractivity contribution < 1.29 is 9.18 Å². The van der Waals surface area contributed by atoms with Crippen LogP contribution in [0.25, 0.3) is 0 Å². The summed E-state index contributed by atoms with van der Waals surface area (Å²) in [7, 11) is 0. The van der Waals surface area contributed by atoms with Crippen molar-refractivity contribution in [1.82, 2.24) is 10.6 Å². The minimum Gasteiger partial charge on any atom is -0.352 e. The van der Waals surface area contributed by atoms with Crippen molar-refractivity contribution in [3.05, 3.63) is 71.0 Å². The predicted molar refractivity (Wildman–Crippen MR) is 88.3 cm³/mol. The second-order valence-electron chi connectivity index (χ2n) is 6.07. The van der Waals surface area contributed by atoms with Crippen molar-refractivity contribution >= 4 is 5.91 Å². The second kappa shape index (κ2) is 6.92. The highest BCUT2D eigenvalue weighted by molar-refractivity contribution is 5.83. The first kappa shape index (κ1) is 15.7. The number of amides is 1. The summed E-state index contributed by atoms with van der Waals surface area (Å²) in [6, 6.07) is 14.0. The van der Waals surface area contributed by atoms with E-state index in [1.807, 2.05) is 31.2 Å². The van der Waals surface area contributed by atoms with Crippen LogP contribution in [-0.4, -0.2) is 11.9 Å². The third kappa shape index (κ3) is 4.17. The second-order valence-corrected chi connectivity index (χ2v) is 6.07. The smallest absolute Gasteiger partial charge is 0.241 e. The molecule has 0 aromatic heterocycles. The molecule has 3 rings (SSSR count). The van der Waals surface area contributed by atoms with Gasteiger partial charge in [0.05, 0.1) is 0 Å². The van der Waals surface area contributed by atoms with Crippen molar-refractivity contribution in [1.29, 1.82) is 0 Å². The Labute approximate surface area is 135 Å². The van der Waals surface area contributed by atoms with Gasteiger partial charge in [-0.15, -0.1) is 0 Å². The van der Waals surface area contributed by atoms with Crippen LogP contribution in [0.3, 0.4) is 0 Å². The van der Waals surface area contributed by atoms with Crippen LogP contribution in [0.5, 0.6) is 0 Å². The van der Waals surface area contributed by atoms with E-state index in [9.17, 15) is 9.18 Å². The molecule has 120 valence electrons. The van der Waals surface area contributed by atoms with Crippen LogP contribution < -0.4 is 10.6 Å². The van der Waals surface area contributed by atoms with Gasteiger partial charge in [0.1, 0.15) is 11.9 Å². The monoisotopic (exact) mass is 312 g/mol. The number of benzene rings is 2. The van der Waals surface area contributed by atoms with Crippen LogP contribution in [0.4, 0.5) is 4.39 Å². The summed E-state index contributed by atoms with van der Waals surface area (Å²) in [6.45, 7) is 2.64. The van der Waals surface area contributed by atoms with Gasteiger partial charge in [0.2, 0.25) is 5.91 Å². The molecule has 4 heteroatoms. The third-order valence-corrected chi connectivity index (χ3v) is 4.15. The summed E-state index contributed by atoms with van der Waals surface area (Å²) in [6.07, 6.45) is 2.08. The fraction of sp³-hybridized carbons (Fsp3) is 0.316. The highest BCUT2D eigenvalue weighted by Crippen LogP contribution is 2.22. The maximum atomic E-state index is 13.2. The molecule has 0 radical (unpaired) electrons. The Bertz CT molecular complexity index is 680. The van der Waals surface area contributed by atoms with E-state index >= 15 is 0 Å². The predicted octanol–water partition coefficient (Wildman–Crippen LogP) is 3.24. The van der Waals surface area contributed by atoms with Crippen LogP contribution in [0.2, 0.25) is 0 Å². The Balaban J connectivity index is 1.75. The number of halogens is 1. The van der Waals surface area contributed by atoms with E-state index in [2.05, 4.69) is 10.6 Å². The van der Waals surface area contributed by atoms with Gasteiger partial charge in [-0.25, -0.2) is 4.39 Å². The van der Waals surface area contributed by atoms with E-state index in [-0.39, 0.29) is 11.7 Å². The molecule has 1 saturated carbocycles. The molecule has 1 aliphatic rings. The maximum absolute atomic E-state index is 13.2. The first-order valence-electron chi connectivity index (χ1n) is 7.97. The Morgan fingerprint density at radius 2 is 1.87 bits per heavy atom. The van der Waals surface area contributed by atoms with E-state index in [1.54, 1.807) is 12.1 Å². The van der Waals surface area contributed by atoms with Crippen LogP contribution in [0.1, 0.15) is 35.6 Å². The first-order chi connectivity index (χ1) is 11.1. The topological polar surface area (TPSA) is 41.1 Å².